The molecule has 2 nitrogen and oxygen atoms in total. The van der Waals surface area contributed by atoms with Crippen LogP contribution in [0.1, 0.15) is 19.3 Å². The molecule has 0 radical (unpaired) electrons. The molecule has 3 heteroatoms. The van der Waals surface area contributed by atoms with Gasteiger partial charge in [-0.2, -0.15) is 11.8 Å². The van der Waals surface area contributed by atoms with Crippen LogP contribution in [0.2, 0.25) is 0 Å². The highest BCUT2D eigenvalue weighted by molar-refractivity contribution is 7.99. The largest absolute Gasteiger partial charge is 0.317 e. The summed E-state index contributed by atoms with van der Waals surface area (Å²) >= 11 is 2.11. The molecule has 2 rings (SSSR count). The highest BCUT2D eigenvalue weighted by atomic mass is 32.2. The van der Waals surface area contributed by atoms with Gasteiger partial charge in [0.25, 0.3) is 0 Å². The second kappa shape index (κ2) is 5.38. The van der Waals surface area contributed by atoms with Gasteiger partial charge >= 0.3 is 0 Å². The summed E-state index contributed by atoms with van der Waals surface area (Å²) in [6.45, 7) is 3.97. The summed E-state index contributed by atoms with van der Waals surface area (Å²) in [5.41, 5.74) is 0. The third-order valence-corrected chi connectivity index (χ3v) is 4.57. The Balaban J connectivity index is 1.77. The van der Waals surface area contributed by atoms with Crippen LogP contribution >= 0.6 is 11.8 Å². The molecule has 0 amide bonds. The van der Waals surface area contributed by atoms with Gasteiger partial charge in [0.1, 0.15) is 0 Å². The lowest BCUT2D eigenvalue weighted by Crippen LogP contribution is -2.41. The molecule has 0 bridgehead atoms. The van der Waals surface area contributed by atoms with E-state index in [0.717, 1.165) is 12.0 Å². The van der Waals surface area contributed by atoms with E-state index in [1.807, 2.05) is 0 Å². The maximum atomic E-state index is 3.47. The van der Waals surface area contributed by atoms with E-state index < -0.39 is 0 Å². The Morgan fingerprint density at radius 2 is 2.07 bits per heavy atom. The summed E-state index contributed by atoms with van der Waals surface area (Å²) in [6.07, 6.45) is 4.26. The molecule has 2 aliphatic rings. The molecule has 2 unspecified atom stereocenters. The summed E-state index contributed by atoms with van der Waals surface area (Å²) < 4.78 is 0. The van der Waals surface area contributed by atoms with E-state index in [-0.39, 0.29) is 0 Å². The van der Waals surface area contributed by atoms with Crippen molar-refractivity contribution in [3.8, 4) is 0 Å². The molecule has 14 heavy (non-hydrogen) atoms. The predicted molar refractivity (Wildman–Crippen MR) is 64.0 cm³/mol. The average Bonchev–Trinajstić information content (AvgIpc) is 2.67. The number of rotatable bonds is 3. The van der Waals surface area contributed by atoms with E-state index in [0.29, 0.717) is 0 Å². The van der Waals surface area contributed by atoms with Gasteiger partial charge in [-0.05, 0) is 25.8 Å². The van der Waals surface area contributed by atoms with Crippen LogP contribution in [-0.2, 0) is 0 Å². The van der Waals surface area contributed by atoms with Gasteiger partial charge in [0.2, 0.25) is 0 Å². The van der Waals surface area contributed by atoms with E-state index in [1.165, 1.54) is 50.4 Å². The zero-order valence-corrected chi connectivity index (χ0v) is 9.98. The molecule has 0 aromatic heterocycles. The number of thioether (sulfide) groups is 1. The van der Waals surface area contributed by atoms with Gasteiger partial charge in [-0.25, -0.2) is 0 Å². The van der Waals surface area contributed by atoms with E-state index in [1.54, 1.807) is 0 Å². The molecule has 0 spiro atoms. The van der Waals surface area contributed by atoms with Crippen LogP contribution in [0.3, 0.4) is 0 Å². The molecule has 2 atom stereocenters. The van der Waals surface area contributed by atoms with Crippen molar-refractivity contribution in [2.24, 2.45) is 5.92 Å². The minimum Gasteiger partial charge on any atom is -0.317 e. The minimum atomic E-state index is 0.796. The summed E-state index contributed by atoms with van der Waals surface area (Å²) in [5, 5.41) is 3.47. The van der Waals surface area contributed by atoms with Crippen molar-refractivity contribution >= 4 is 11.8 Å². The highest BCUT2D eigenvalue weighted by Gasteiger charge is 2.27. The van der Waals surface area contributed by atoms with Crippen molar-refractivity contribution in [3.05, 3.63) is 0 Å². The maximum Gasteiger partial charge on any atom is 0.0104 e. The normalized spacial score (nSPS) is 34.9. The quantitative estimate of drug-likeness (QED) is 0.765. The molecule has 1 aliphatic carbocycles. The molecule has 2 fully saturated rings. The minimum absolute atomic E-state index is 0.796. The molecular weight excluding hydrogens is 192 g/mol. The third-order valence-electron chi connectivity index (χ3n) is 3.63. The highest BCUT2D eigenvalue weighted by Crippen LogP contribution is 2.26. The van der Waals surface area contributed by atoms with Crippen LogP contribution in [0.15, 0.2) is 0 Å². The molecule has 1 saturated carbocycles. The van der Waals surface area contributed by atoms with Crippen LogP contribution in [-0.4, -0.2) is 49.1 Å². The first-order valence-corrected chi connectivity index (χ1v) is 7.03. The first-order valence-electron chi connectivity index (χ1n) is 5.87. The van der Waals surface area contributed by atoms with Gasteiger partial charge in [-0.3, -0.25) is 0 Å². The van der Waals surface area contributed by atoms with Gasteiger partial charge in [0, 0.05) is 37.2 Å². The summed E-state index contributed by atoms with van der Waals surface area (Å²) in [6, 6.07) is 0.796. The van der Waals surface area contributed by atoms with Gasteiger partial charge in [-0.15, -0.1) is 0 Å². The Morgan fingerprint density at radius 3 is 2.79 bits per heavy atom. The fourth-order valence-corrected chi connectivity index (χ4v) is 3.73. The van der Waals surface area contributed by atoms with Crippen LogP contribution < -0.4 is 5.32 Å². The fourth-order valence-electron chi connectivity index (χ4n) is 2.75. The Bertz CT molecular complexity index is 169. The standard InChI is InChI=1S/C11H22N2S/c1-12-11-4-2-3-10(11)9-13-5-7-14-8-6-13/h10-12H,2-9H2,1H3. The van der Waals surface area contributed by atoms with Gasteiger partial charge < -0.3 is 10.2 Å². The lowest BCUT2D eigenvalue weighted by atomic mass is 10.0. The zero-order chi connectivity index (χ0) is 9.80. The summed E-state index contributed by atoms with van der Waals surface area (Å²) in [5.74, 6) is 3.61. The fraction of sp³-hybridized carbons (Fsp3) is 1.00. The lowest BCUT2D eigenvalue weighted by molar-refractivity contribution is 0.234. The zero-order valence-electron chi connectivity index (χ0n) is 9.17. The average molecular weight is 214 g/mol. The first kappa shape index (κ1) is 10.8. The van der Waals surface area contributed by atoms with Crippen molar-refractivity contribution in [1.29, 1.82) is 0 Å². The second-order valence-corrected chi connectivity index (χ2v) is 5.72. The Morgan fingerprint density at radius 1 is 1.29 bits per heavy atom. The molecule has 0 aromatic rings. The molecular formula is C11H22N2S. The molecule has 0 aromatic carbocycles. The van der Waals surface area contributed by atoms with Gasteiger partial charge in [0.15, 0.2) is 0 Å². The van der Waals surface area contributed by atoms with Crippen LogP contribution in [0.25, 0.3) is 0 Å². The Hall–Kier alpha value is 0.270. The van der Waals surface area contributed by atoms with E-state index in [9.17, 15) is 0 Å². The third kappa shape index (κ3) is 2.65. The van der Waals surface area contributed by atoms with Gasteiger partial charge in [-0.1, -0.05) is 6.42 Å². The Labute approximate surface area is 91.8 Å². The van der Waals surface area contributed by atoms with Crippen molar-refractivity contribution in [3.63, 3.8) is 0 Å². The monoisotopic (exact) mass is 214 g/mol. The topological polar surface area (TPSA) is 15.3 Å². The van der Waals surface area contributed by atoms with Crippen LogP contribution in [0, 0.1) is 5.92 Å². The van der Waals surface area contributed by atoms with Crippen molar-refractivity contribution in [1.82, 2.24) is 10.2 Å². The Kier molecular flexibility index (Phi) is 4.14. The SMILES string of the molecule is CNC1CCCC1CN1CCSCC1. The second-order valence-electron chi connectivity index (χ2n) is 4.50. The number of hydrogen-bond acceptors (Lipinski definition) is 3. The first-order chi connectivity index (χ1) is 6.90. The molecule has 1 saturated heterocycles. The molecule has 1 N–H and O–H groups in total. The van der Waals surface area contributed by atoms with Crippen molar-refractivity contribution in [2.75, 3.05) is 38.2 Å². The summed E-state index contributed by atoms with van der Waals surface area (Å²) in [4.78, 5) is 2.66. The van der Waals surface area contributed by atoms with Crippen molar-refractivity contribution in [2.45, 2.75) is 25.3 Å². The van der Waals surface area contributed by atoms with Crippen LogP contribution in [0.5, 0.6) is 0 Å². The van der Waals surface area contributed by atoms with E-state index in [4.69, 9.17) is 0 Å². The predicted octanol–water partition coefficient (Wildman–Crippen LogP) is 1.42. The maximum absolute atomic E-state index is 3.47. The summed E-state index contributed by atoms with van der Waals surface area (Å²) in [7, 11) is 2.12. The lowest BCUT2D eigenvalue weighted by Gasteiger charge is -2.30. The molecule has 82 valence electrons. The number of hydrogen-bond donors (Lipinski definition) is 1. The van der Waals surface area contributed by atoms with E-state index in [2.05, 4.69) is 29.0 Å². The molecule has 1 aliphatic heterocycles. The number of nitrogens with one attached hydrogen (secondary N) is 1. The van der Waals surface area contributed by atoms with E-state index >= 15 is 0 Å². The number of nitrogens with zero attached hydrogens (tertiary/aromatic N) is 1. The van der Waals surface area contributed by atoms with Crippen LogP contribution in [0.4, 0.5) is 0 Å². The molecule has 1 heterocycles. The smallest absolute Gasteiger partial charge is 0.0104 e. The van der Waals surface area contributed by atoms with Crippen molar-refractivity contribution < 1.29 is 0 Å². The van der Waals surface area contributed by atoms with Gasteiger partial charge in [0.05, 0.1) is 0 Å².